The van der Waals surface area contributed by atoms with E-state index >= 15 is 0 Å². The van der Waals surface area contributed by atoms with E-state index in [0.29, 0.717) is 11.4 Å². The summed E-state index contributed by atoms with van der Waals surface area (Å²) >= 11 is 0. The van der Waals surface area contributed by atoms with Crippen molar-refractivity contribution in [2.45, 2.75) is 6.92 Å². The average Bonchev–Trinajstić information content (AvgIpc) is 2.16. The molecule has 4 N–H and O–H groups in total. The molecule has 0 bridgehead atoms. The Hall–Kier alpha value is -2.04. The first-order valence-electron chi connectivity index (χ1n) is 3.99. The fourth-order valence-corrected chi connectivity index (χ4v) is 1.02. The van der Waals surface area contributed by atoms with Crippen molar-refractivity contribution in [2.24, 2.45) is 10.9 Å². The number of hydrogen-bond acceptors (Lipinski definition) is 3. The Balaban J connectivity index is 2.95. The quantitative estimate of drug-likeness (QED) is 0.376. The second-order valence-corrected chi connectivity index (χ2v) is 2.76. The zero-order valence-corrected chi connectivity index (χ0v) is 7.69. The molecule has 0 saturated carbocycles. The number of carbonyl (C=O) groups is 1. The van der Waals surface area contributed by atoms with Gasteiger partial charge in [0.2, 0.25) is 0 Å². The number of urea groups is 1. The lowest BCUT2D eigenvalue weighted by molar-refractivity contribution is 0.259. The van der Waals surface area contributed by atoms with Crippen LogP contribution in [0.3, 0.4) is 0 Å². The lowest BCUT2D eigenvalue weighted by Crippen LogP contribution is -2.19. The Bertz CT molecular complexity index is 374. The Morgan fingerprint density at radius 2 is 2.29 bits per heavy atom. The monoisotopic (exact) mass is 193 g/mol. The summed E-state index contributed by atoms with van der Waals surface area (Å²) < 4.78 is 0. The van der Waals surface area contributed by atoms with Crippen LogP contribution in [0.2, 0.25) is 0 Å². The molecule has 1 aromatic rings. The van der Waals surface area contributed by atoms with E-state index in [4.69, 9.17) is 10.9 Å². The van der Waals surface area contributed by atoms with Crippen LogP contribution in [0.5, 0.6) is 0 Å². The molecule has 5 nitrogen and oxygen atoms in total. The van der Waals surface area contributed by atoms with Crippen LogP contribution in [0.1, 0.15) is 12.5 Å². The van der Waals surface area contributed by atoms with Gasteiger partial charge in [-0.05, 0) is 19.1 Å². The highest BCUT2D eigenvalue weighted by atomic mass is 16.4. The van der Waals surface area contributed by atoms with Crippen molar-refractivity contribution in [2.75, 3.05) is 5.32 Å². The Labute approximate surface area is 81.2 Å². The van der Waals surface area contributed by atoms with Crippen molar-refractivity contribution >= 4 is 17.4 Å². The molecule has 0 radical (unpaired) electrons. The molecule has 0 fully saturated rings. The van der Waals surface area contributed by atoms with Gasteiger partial charge in [0.05, 0.1) is 5.71 Å². The average molecular weight is 193 g/mol. The van der Waals surface area contributed by atoms with E-state index in [1.54, 1.807) is 31.2 Å². The van der Waals surface area contributed by atoms with E-state index in [1.165, 1.54) is 0 Å². The molecule has 0 atom stereocenters. The predicted molar refractivity (Wildman–Crippen MR) is 53.6 cm³/mol. The molecular weight excluding hydrogens is 182 g/mol. The molecule has 0 unspecified atom stereocenters. The Morgan fingerprint density at radius 1 is 1.57 bits per heavy atom. The molecule has 0 aliphatic heterocycles. The number of nitrogens with zero attached hydrogens (tertiary/aromatic N) is 1. The van der Waals surface area contributed by atoms with Gasteiger partial charge in [0.25, 0.3) is 0 Å². The first-order chi connectivity index (χ1) is 6.63. The summed E-state index contributed by atoms with van der Waals surface area (Å²) in [7, 11) is 0. The number of primary amides is 1. The van der Waals surface area contributed by atoms with Gasteiger partial charge in [-0.3, -0.25) is 0 Å². The van der Waals surface area contributed by atoms with E-state index in [9.17, 15) is 4.79 Å². The Kier molecular flexibility index (Phi) is 3.06. The highest BCUT2D eigenvalue weighted by Gasteiger charge is 2.00. The zero-order chi connectivity index (χ0) is 10.6. The zero-order valence-electron chi connectivity index (χ0n) is 7.69. The summed E-state index contributed by atoms with van der Waals surface area (Å²) in [6.45, 7) is 1.66. The lowest BCUT2D eigenvalue weighted by Gasteiger charge is -2.03. The van der Waals surface area contributed by atoms with Crippen LogP contribution in [0.25, 0.3) is 0 Å². The summed E-state index contributed by atoms with van der Waals surface area (Å²) in [4.78, 5) is 10.6. The molecule has 0 aromatic heterocycles. The summed E-state index contributed by atoms with van der Waals surface area (Å²) in [5.41, 5.74) is 6.71. The third-order valence-electron chi connectivity index (χ3n) is 1.70. The maximum Gasteiger partial charge on any atom is 0.316 e. The van der Waals surface area contributed by atoms with Crippen molar-refractivity contribution in [1.29, 1.82) is 0 Å². The molecule has 0 saturated heterocycles. The summed E-state index contributed by atoms with van der Waals surface area (Å²) in [5, 5.41) is 14.0. The van der Waals surface area contributed by atoms with Crippen LogP contribution >= 0.6 is 0 Å². The lowest BCUT2D eigenvalue weighted by atomic mass is 10.1. The fraction of sp³-hybridized carbons (Fsp3) is 0.111. The first kappa shape index (κ1) is 10.0. The van der Waals surface area contributed by atoms with Crippen molar-refractivity contribution in [3.05, 3.63) is 29.8 Å². The minimum Gasteiger partial charge on any atom is -0.411 e. The van der Waals surface area contributed by atoms with Crippen LogP contribution in [0.4, 0.5) is 10.5 Å². The van der Waals surface area contributed by atoms with Crippen LogP contribution in [0.15, 0.2) is 29.4 Å². The van der Waals surface area contributed by atoms with E-state index < -0.39 is 6.03 Å². The molecule has 0 spiro atoms. The van der Waals surface area contributed by atoms with Gasteiger partial charge in [0, 0.05) is 11.3 Å². The number of amides is 2. The second kappa shape index (κ2) is 4.27. The van der Waals surface area contributed by atoms with Gasteiger partial charge in [-0.15, -0.1) is 0 Å². The van der Waals surface area contributed by atoms with E-state index in [0.717, 1.165) is 5.56 Å². The predicted octanol–water partition coefficient (Wildman–Crippen LogP) is 1.38. The van der Waals surface area contributed by atoms with Gasteiger partial charge in [-0.2, -0.15) is 0 Å². The second-order valence-electron chi connectivity index (χ2n) is 2.76. The maximum atomic E-state index is 10.6. The van der Waals surface area contributed by atoms with E-state index in [1.807, 2.05) is 0 Å². The molecular formula is C9H11N3O2. The van der Waals surface area contributed by atoms with Crippen LogP contribution in [-0.4, -0.2) is 17.0 Å². The van der Waals surface area contributed by atoms with Crippen molar-refractivity contribution in [3.63, 3.8) is 0 Å². The number of hydrogen-bond donors (Lipinski definition) is 3. The van der Waals surface area contributed by atoms with Crippen molar-refractivity contribution in [1.82, 2.24) is 0 Å². The number of carbonyl (C=O) groups excluding carboxylic acids is 1. The van der Waals surface area contributed by atoms with Gasteiger partial charge in [-0.1, -0.05) is 17.3 Å². The molecule has 1 aromatic carbocycles. The number of nitrogens with two attached hydrogens (primary N) is 1. The third kappa shape index (κ3) is 2.48. The standard InChI is InChI=1S/C9H11N3O2/c1-6(12-14)7-3-2-4-8(5-7)11-9(10)13/h2-5,14H,1H3,(H3,10,11,13)/b12-6+. The topological polar surface area (TPSA) is 87.7 Å². The number of anilines is 1. The number of oxime groups is 1. The normalized spacial score (nSPS) is 11.1. The molecule has 5 heteroatoms. The first-order valence-corrected chi connectivity index (χ1v) is 3.99. The molecule has 1 rings (SSSR count). The third-order valence-corrected chi connectivity index (χ3v) is 1.70. The van der Waals surface area contributed by atoms with E-state index in [-0.39, 0.29) is 0 Å². The Morgan fingerprint density at radius 3 is 2.86 bits per heavy atom. The number of nitrogens with one attached hydrogen (secondary N) is 1. The largest absolute Gasteiger partial charge is 0.411 e. The van der Waals surface area contributed by atoms with Gasteiger partial charge < -0.3 is 16.3 Å². The maximum absolute atomic E-state index is 10.6. The highest BCUT2D eigenvalue weighted by Crippen LogP contribution is 2.10. The SMILES string of the molecule is C/C(=N\O)c1cccc(NC(N)=O)c1. The van der Waals surface area contributed by atoms with Crippen LogP contribution in [0, 0.1) is 0 Å². The smallest absolute Gasteiger partial charge is 0.316 e. The summed E-state index contributed by atoms with van der Waals surface area (Å²) in [6, 6.07) is 6.23. The number of benzene rings is 1. The van der Waals surface area contributed by atoms with Crippen molar-refractivity contribution in [3.8, 4) is 0 Å². The van der Waals surface area contributed by atoms with Crippen LogP contribution in [-0.2, 0) is 0 Å². The van der Waals surface area contributed by atoms with Gasteiger partial charge in [0.1, 0.15) is 0 Å². The molecule has 74 valence electrons. The van der Waals surface area contributed by atoms with Gasteiger partial charge in [0.15, 0.2) is 0 Å². The highest BCUT2D eigenvalue weighted by molar-refractivity contribution is 5.99. The fourth-order valence-electron chi connectivity index (χ4n) is 1.02. The molecule has 0 aliphatic carbocycles. The van der Waals surface area contributed by atoms with Crippen molar-refractivity contribution < 1.29 is 10.0 Å². The summed E-state index contributed by atoms with van der Waals surface area (Å²) in [5.74, 6) is 0. The minimum atomic E-state index is -0.624. The molecule has 14 heavy (non-hydrogen) atoms. The molecule has 0 aliphatic rings. The minimum absolute atomic E-state index is 0.470. The number of rotatable bonds is 2. The van der Waals surface area contributed by atoms with E-state index in [2.05, 4.69) is 10.5 Å². The van der Waals surface area contributed by atoms with Gasteiger partial charge >= 0.3 is 6.03 Å². The molecule has 0 heterocycles. The molecule has 2 amide bonds. The van der Waals surface area contributed by atoms with Crippen LogP contribution < -0.4 is 11.1 Å². The van der Waals surface area contributed by atoms with Gasteiger partial charge in [-0.25, -0.2) is 4.79 Å². The summed E-state index contributed by atoms with van der Waals surface area (Å²) in [6.07, 6.45) is 0.